The van der Waals surface area contributed by atoms with Gasteiger partial charge in [-0.15, -0.1) is 5.10 Å². The van der Waals surface area contributed by atoms with E-state index in [9.17, 15) is 12.8 Å². The lowest BCUT2D eigenvalue weighted by Crippen LogP contribution is -2.41. The normalized spacial score (nSPS) is 21.7. The summed E-state index contributed by atoms with van der Waals surface area (Å²) in [6.07, 6.45) is 3.26. The Labute approximate surface area is 133 Å². The second-order valence-corrected chi connectivity index (χ2v) is 7.43. The molecule has 0 radical (unpaired) electrons. The lowest BCUT2D eigenvalue weighted by atomic mass is 10.2. The minimum Gasteiger partial charge on any atom is -0.313 e. The molecule has 124 valence electrons. The highest BCUT2D eigenvalue weighted by Crippen LogP contribution is 2.17. The number of benzene rings is 1. The number of nitrogens with zero attached hydrogens (tertiary/aromatic N) is 3. The van der Waals surface area contributed by atoms with E-state index in [-0.39, 0.29) is 17.8 Å². The molecule has 1 aromatic heterocycles. The Morgan fingerprint density at radius 1 is 1.43 bits per heavy atom. The molecule has 1 aliphatic heterocycles. The molecular formula is C14H18FN5O2S. The third-order valence-electron chi connectivity index (χ3n) is 3.89. The van der Waals surface area contributed by atoms with Crippen LogP contribution in [0.2, 0.25) is 0 Å². The lowest BCUT2D eigenvalue weighted by molar-refractivity contribution is 0.413. The van der Waals surface area contributed by atoms with Crippen molar-refractivity contribution in [2.24, 2.45) is 0 Å². The van der Waals surface area contributed by atoms with Gasteiger partial charge in [0.05, 0.1) is 24.0 Å². The van der Waals surface area contributed by atoms with Gasteiger partial charge in [-0.1, -0.05) is 17.3 Å². The Morgan fingerprint density at radius 2 is 2.26 bits per heavy atom. The molecule has 2 heterocycles. The first-order chi connectivity index (χ1) is 10.9. The summed E-state index contributed by atoms with van der Waals surface area (Å²) in [7, 11) is -3.59. The average Bonchev–Trinajstić information content (AvgIpc) is 3.12. The smallest absolute Gasteiger partial charge is 0.216 e. The largest absolute Gasteiger partial charge is 0.313 e. The highest BCUT2D eigenvalue weighted by molar-refractivity contribution is 7.88. The van der Waals surface area contributed by atoms with Crippen LogP contribution in [0.5, 0.6) is 0 Å². The molecule has 0 unspecified atom stereocenters. The number of aryl methyl sites for hydroxylation is 1. The number of rotatable bonds is 5. The van der Waals surface area contributed by atoms with E-state index in [1.54, 1.807) is 36.1 Å². The maximum atomic E-state index is 13.6. The number of hydrogen-bond donors (Lipinski definition) is 2. The number of nitrogens with one attached hydrogen (secondary N) is 2. The maximum Gasteiger partial charge on any atom is 0.216 e. The first-order valence-corrected chi connectivity index (χ1v) is 8.91. The van der Waals surface area contributed by atoms with E-state index in [0.29, 0.717) is 24.2 Å². The van der Waals surface area contributed by atoms with E-state index in [0.717, 1.165) is 0 Å². The van der Waals surface area contributed by atoms with E-state index in [1.165, 1.54) is 6.07 Å². The molecule has 0 spiro atoms. The predicted octanol–water partition coefficient (Wildman–Crippen LogP) is 0.358. The minimum absolute atomic E-state index is 0.137. The van der Waals surface area contributed by atoms with Gasteiger partial charge in [-0.05, 0) is 24.1 Å². The van der Waals surface area contributed by atoms with Crippen LogP contribution in [0.1, 0.15) is 17.2 Å². The summed E-state index contributed by atoms with van der Waals surface area (Å²) in [5.41, 5.74) is 0.911. The molecule has 1 fully saturated rings. The number of aromatic nitrogens is 3. The van der Waals surface area contributed by atoms with E-state index in [2.05, 4.69) is 20.4 Å². The Hall–Kier alpha value is -1.84. The van der Waals surface area contributed by atoms with Gasteiger partial charge in [-0.2, -0.15) is 0 Å². The van der Waals surface area contributed by atoms with Crippen molar-refractivity contribution in [2.75, 3.05) is 13.1 Å². The Morgan fingerprint density at radius 3 is 2.96 bits per heavy atom. The van der Waals surface area contributed by atoms with Crippen molar-refractivity contribution in [1.29, 1.82) is 0 Å². The van der Waals surface area contributed by atoms with Crippen molar-refractivity contribution in [1.82, 2.24) is 25.0 Å². The van der Waals surface area contributed by atoms with Gasteiger partial charge in [0.2, 0.25) is 10.0 Å². The molecule has 0 amide bonds. The quantitative estimate of drug-likeness (QED) is 0.821. The summed E-state index contributed by atoms with van der Waals surface area (Å²) in [5.74, 6) is -0.661. The second-order valence-electron chi connectivity index (χ2n) is 5.68. The highest BCUT2D eigenvalue weighted by atomic mass is 32.2. The van der Waals surface area contributed by atoms with Crippen molar-refractivity contribution < 1.29 is 12.8 Å². The van der Waals surface area contributed by atoms with Crippen LogP contribution in [0.15, 0.2) is 30.6 Å². The van der Waals surface area contributed by atoms with Crippen LogP contribution < -0.4 is 10.0 Å². The Balaban J connectivity index is 1.71. The third kappa shape index (κ3) is 3.74. The molecule has 1 aromatic carbocycles. The van der Waals surface area contributed by atoms with Crippen molar-refractivity contribution in [3.8, 4) is 0 Å². The zero-order valence-corrected chi connectivity index (χ0v) is 13.4. The van der Waals surface area contributed by atoms with Gasteiger partial charge >= 0.3 is 0 Å². The minimum atomic E-state index is -3.59. The molecular weight excluding hydrogens is 321 g/mol. The van der Waals surface area contributed by atoms with Crippen LogP contribution >= 0.6 is 0 Å². The fourth-order valence-corrected chi connectivity index (χ4v) is 4.08. The van der Waals surface area contributed by atoms with Gasteiger partial charge < -0.3 is 5.32 Å². The molecule has 1 aliphatic rings. The van der Waals surface area contributed by atoms with Crippen LogP contribution in [0, 0.1) is 12.7 Å². The fraction of sp³-hybridized carbons (Fsp3) is 0.429. The van der Waals surface area contributed by atoms with E-state index >= 15 is 0 Å². The van der Waals surface area contributed by atoms with E-state index in [4.69, 9.17) is 0 Å². The zero-order chi connectivity index (χ0) is 16.4. The van der Waals surface area contributed by atoms with Gasteiger partial charge in [0.1, 0.15) is 5.82 Å². The summed E-state index contributed by atoms with van der Waals surface area (Å²) in [5, 5.41) is 10.8. The molecule has 23 heavy (non-hydrogen) atoms. The van der Waals surface area contributed by atoms with Crippen LogP contribution in [0.25, 0.3) is 0 Å². The second kappa shape index (κ2) is 6.34. The topological polar surface area (TPSA) is 88.9 Å². The Kier molecular flexibility index (Phi) is 4.42. The van der Waals surface area contributed by atoms with Gasteiger partial charge in [-0.25, -0.2) is 22.2 Å². The predicted molar refractivity (Wildman–Crippen MR) is 82.6 cm³/mol. The molecule has 0 bridgehead atoms. The molecule has 2 N–H and O–H groups in total. The SMILES string of the molecule is Cc1ccc(CS(=O)(=O)N[C@@H]2CNC[C@@H]2n2ccnn2)cc1F. The number of sulfonamides is 1. The first kappa shape index (κ1) is 16.0. The highest BCUT2D eigenvalue weighted by Gasteiger charge is 2.32. The van der Waals surface area contributed by atoms with Crippen LogP contribution in [0.3, 0.4) is 0 Å². The van der Waals surface area contributed by atoms with Gasteiger partial charge in [-0.3, -0.25) is 0 Å². The Bertz CT molecular complexity index is 778. The molecule has 0 aliphatic carbocycles. The molecule has 1 saturated heterocycles. The molecule has 0 saturated carbocycles. The standard InChI is InChI=1S/C14H18FN5O2S/c1-10-2-3-11(6-12(10)15)9-23(21,22)18-13-7-16-8-14(13)20-5-4-17-19-20/h2-6,13-14,16,18H,7-9H2,1H3/t13-,14+/m1/s1. The maximum absolute atomic E-state index is 13.6. The monoisotopic (exact) mass is 339 g/mol. The molecule has 2 aromatic rings. The van der Waals surface area contributed by atoms with Crippen LogP contribution in [0.4, 0.5) is 4.39 Å². The summed E-state index contributed by atoms with van der Waals surface area (Å²) in [6.45, 7) is 2.75. The van der Waals surface area contributed by atoms with E-state index in [1.807, 2.05) is 0 Å². The number of halogens is 1. The van der Waals surface area contributed by atoms with Crippen molar-refractivity contribution in [2.45, 2.75) is 24.8 Å². The van der Waals surface area contributed by atoms with Gasteiger partial charge in [0.25, 0.3) is 0 Å². The molecule has 9 heteroatoms. The number of hydrogen-bond acceptors (Lipinski definition) is 5. The van der Waals surface area contributed by atoms with Crippen LogP contribution in [-0.2, 0) is 15.8 Å². The first-order valence-electron chi connectivity index (χ1n) is 7.26. The fourth-order valence-electron chi connectivity index (χ4n) is 2.68. The van der Waals surface area contributed by atoms with Crippen molar-refractivity contribution >= 4 is 10.0 Å². The summed E-state index contributed by atoms with van der Waals surface area (Å²) < 4.78 is 42.6. The van der Waals surface area contributed by atoms with E-state index < -0.39 is 15.8 Å². The van der Waals surface area contributed by atoms with Gasteiger partial charge in [0.15, 0.2) is 0 Å². The van der Waals surface area contributed by atoms with Gasteiger partial charge in [0, 0.05) is 19.3 Å². The molecule has 7 nitrogen and oxygen atoms in total. The van der Waals surface area contributed by atoms with Crippen molar-refractivity contribution in [3.05, 3.63) is 47.5 Å². The van der Waals surface area contributed by atoms with Crippen LogP contribution in [-0.4, -0.2) is 42.5 Å². The third-order valence-corrected chi connectivity index (χ3v) is 5.26. The summed E-state index contributed by atoms with van der Waals surface area (Å²) in [4.78, 5) is 0. The molecule has 2 atom stereocenters. The van der Waals surface area contributed by atoms with Crippen molar-refractivity contribution in [3.63, 3.8) is 0 Å². The summed E-state index contributed by atoms with van der Waals surface area (Å²) >= 11 is 0. The zero-order valence-electron chi connectivity index (χ0n) is 12.6. The lowest BCUT2D eigenvalue weighted by Gasteiger charge is -2.19. The summed E-state index contributed by atoms with van der Waals surface area (Å²) in [6, 6.07) is 4.00. The average molecular weight is 339 g/mol. The molecule has 3 rings (SSSR count).